The Morgan fingerprint density at radius 3 is 2.50 bits per heavy atom. The first-order valence-electron chi connectivity index (χ1n) is 9.26. The van der Waals surface area contributed by atoms with Gasteiger partial charge in [0.05, 0.1) is 6.42 Å². The molecule has 6 heteroatoms. The molecule has 146 valence electrons. The summed E-state index contributed by atoms with van der Waals surface area (Å²) in [5, 5.41) is 0. The van der Waals surface area contributed by atoms with Crippen LogP contribution in [0.5, 0.6) is 0 Å². The second-order valence-corrected chi connectivity index (χ2v) is 6.95. The zero-order chi connectivity index (χ0) is 20.3. The molecular weight excluding hydrogens is 361 g/mol. The largest absolute Gasteiger partial charge is 0.453 e. The number of esters is 1. The molecule has 0 radical (unpaired) electrons. The number of halogens is 1. The minimum Gasteiger partial charge on any atom is -0.453 e. The summed E-state index contributed by atoms with van der Waals surface area (Å²) in [6, 6.07) is 12.8. The number of amides is 1. The van der Waals surface area contributed by atoms with Crippen molar-refractivity contribution in [3.63, 3.8) is 0 Å². The highest BCUT2D eigenvalue weighted by atomic mass is 19.1. The first kappa shape index (κ1) is 19.7. The Morgan fingerprint density at radius 2 is 1.79 bits per heavy atom. The lowest BCUT2D eigenvalue weighted by molar-refractivity contribution is -0.153. The maximum Gasteiger partial charge on any atom is 0.307 e. The zero-order valence-corrected chi connectivity index (χ0v) is 15.9. The predicted molar refractivity (Wildman–Crippen MR) is 103 cm³/mol. The molecule has 0 saturated carbocycles. The fourth-order valence-electron chi connectivity index (χ4n) is 3.40. The minimum absolute atomic E-state index is 0.00824. The molecule has 28 heavy (non-hydrogen) atoms. The number of benzene rings is 2. The standard InChI is InChI=1S/C22H22FNO4/c1-14-13-17-5-3-4-6-19(17)24(14)22(27)15(2)28-21(26)12-11-20(25)16-7-9-18(23)10-8-16/h3-10,14-15H,11-13H2,1-2H3/t14-,15-/m0/s1. The second-order valence-electron chi connectivity index (χ2n) is 6.95. The fourth-order valence-corrected chi connectivity index (χ4v) is 3.40. The Balaban J connectivity index is 1.55. The van der Waals surface area contributed by atoms with Gasteiger partial charge in [-0.05, 0) is 56.2 Å². The van der Waals surface area contributed by atoms with Crippen LogP contribution in [-0.2, 0) is 20.7 Å². The van der Waals surface area contributed by atoms with Crippen LogP contribution < -0.4 is 4.90 Å². The Bertz CT molecular complexity index is 894. The Labute approximate surface area is 163 Å². The summed E-state index contributed by atoms with van der Waals surface area (Å²) < 4.78 is 18.2. The molecule has 1 amide bonds. The number of anilines is 1. The van der Waals surface area contributed by atoms with Crippen LogP contribution in [0.25, 0.3) is 0 Å². The number of ether oxygens (including phenoxy) is 1. The van der Waals surface area contributed by atoms with Gasteiger partial charge in [-0.25, -0.2) is 4.39 Å². The number of carbonyl (C=O) groups is 3. The van der Waals surface area contributed by atoms with Gasteiger partial charge in [-0.2, -0.15) is 0 Å². The van der Waals surface area contributed by atoms with Crippen molar-refractivity contribution in [3.05, 3.63) is 65.5 Å². The molecule has 1 heterocycles. The summed E-state index contributed by atoms with van der Waals surface area (Å²) in [6.07, 6.45) is -0.384. The molecular formula is C22H22FNO4. The highest BCUT2D eigenvalue weighted by molar-refractivity contribution is 6.00. The molecule has 0 aromatic heterocycles. The fraction of sp³-hybridized carbons (Fsp3) is 0.318. The molecule has 0 fully saturated rings. The van der Waals surface area contributed by atoms with Gasteiger partial charge in [0.2, 0.25) is 0 Å². The van der Waals surface area contributed by atoms with Gasteiger partial charge in [0.15, 0.2) is 11.9 Å². The zero-order valence-electron chi connectivity index (χ0n) is 15.9. The minimum atomic E-state index is -0.943. The topological polar surface area (TPSA) is 63.7 Å². The van der Waals surface area contributed by atoms with Crippen molar-refractivity contribution in [2.75, 3.05) is 4.90 Å². The van der Waals surface area contributed by atoms with E-state index >= 15 is 0 Å². The van der Waals surface area contributed by atoms with Crippen LogP contribution in [0.4, 0.5) is 10.1 Å². The van der Waals surface area contributed by atoms with Gasteiger partial charge in [-0.15, -0.1) is 0 Å². The molecule has 5 nitrogen and oxygen atoms in total. The lowest BCUT2D eigenvalue weighted by Crippen LogP contribution is -2.43. The third-order valence-electron chi connectivity index (χ3n) is 4.82. The summed E-state index contributed by atoms with van der Waals surface area (Å²) in [5.41, 5.74) is 2.27. The maximum atomic E-state index is 12.9. The van der Waals surface area contributed by atoms with E-state index < -0.39 is 17.9 Å². The summed E-state index contributed by atoms with van der Waals surface area (Å²) in [7, 11) is 0. The van der Waals surface area contributed by atoms with E-state index in [0.717, 1.165) is 17.7 Å². The van der Waals surface area contributed by atoms with Gasteiger partial charge in [0.25, 0.3) is 5.91 Å². The van der Waals surface area contributed by atoms with Crippen LogP contribution in [0, 0.1) is 5.82 Å². The molecule has 0 saturated heterocycles. The number of hydrogen-bond acceptors (Lipinski definition) is 4. The van der Waals surface area contributed by atoms with Gasteiger partial charge < -0.3 is 9.64 Å². The molecule has 0 bridgehead atoms. The predicted octanol–water partition coefficient (Wildman–Crippen LogP) is 3.70. The first-order chi connectivity index (χ1) is 13.4. The number of nitrogens with zero attached hydrogens (tertiary/aromatic N) is 1. The average molecular weight is 383 g/mol. The van der Waals surface area contributed by atoms with E-state index in [1.165, 1.54) is 31.2 Å². The number of para-hydroxylation sites is 1. The van der Waals surface area contributed by atoms with E-state index in [2.05, 4.69) is 0 Å². The van der Waals surface area contributed by atoms with Crippen molar-refractivity contribution in [3.8, 4) is 0 Å². The number of rotatable bonds is 6. The van der Waals surface area contributed by atoms with Crippen molar-refractivity contribution in [2.45, 2.75) is 45.3 Å². The number of hydrogen-bond donors (Lipinski definition) is 0. The van der Waals surface area contributed by atoms with Crippen LogP contribution in [0.1, 0.15) is 42.6 Å². The van der Waals surface area contributed by atoms with Crippen molar-refractivity contribution >= 4 is 23.3 Å². The summed E-state index contributed by atoms with van der Waals surface area (Å²) in [6.45, 7) is 3.49. The summed E-state index contributed by atoms with van der Waals surface area (Å²) in [4.78, 5) is 38.6. The number of carbonyl (C=O) groups excluding carboxylic acids is 3. The van der Waals surface area contributed by atoms with E-state index in [0.29, 0.717) is 5.56 Å². The van der Waals surface area contributed by atoms with Gasteiger partial charge in [0, 0.05) is 23.7 Å². The van der Waals surface area contributed by atoms with Crippen molar-refractivity contribution in [2.24, 2.45) is 0 Å². The second kappa shape index (κ2) is 8.33. The number of Topliss-reactive ketones (excluding diaryl/α,β-unsaturated/α-hetero) is 1. The van der Waals surface area contributed by atoms with Gasteiger partial charge in [-0.3, -0.25) is 14.4 Å². The Morgan fingerprint density at radius 1 is 1.11 bits per heavy atom. The van der Waals surface area contributed by atoms with Gasteiger partial charge in [0.1, 0.15) is 5.82 Å². The Kier molecular flexibility index (Phi) is 5.87. The molecule has 1 aliphatic rings. The van der Waals surface area contributed by atoms with Gasteiger partial charge in [-0.1, -0.05) is 18.2 Å². The third kappa shape index (κ3) is 4.27. The summed E-state index contributed by atoms with van der Waals surface area (Å²) >= 11 is 0. The normalized spacial score (nSPS) is 16.4. The highest BCUT2D eigenvalue weighted by Crippen LogP contribution is 2.32. The molecule has 2 aromatic carbocycles. The molecule has 3 rings (SSSR count). The van der Waals surface area contributed by atoms with Crippen LogP contribution >= 0.6 is 0 Å². The quantitative estimate of drug-likeness (QED) is 0.564. The molecule has 0 spiro atoms. The van der Waals surface area contributed by atoms with Crippen molar-refractivity contribution < 1.29 is 23.5 Å². The van der Waals surface area contributed by atoms with Crippen molar-refractivity contribution in [1.82, 2.24) is 0 Å². The van der Waals surface area contributed by atoms with Crippen LogP contribution in [0.2, 0.25) is 0 Å². The number of fused-ring (bicyclic) bond motifs is 1. The molecule has 1 aliphatic heterocycles. The molecule has 2 aromatic rings. The van der Waals surface area contributed by atoms with E-state index in [9.17, 15) is 18.8 Å². The number of ketones is 1. The van der Waals surface area contributed by atoms with E-state index in [1.807, 2.05) is 31.2 Å². The first-order valence-corrected chi connectivity index (χ1v) is 9.26. The third-order valence-corrected chi connectivity index (χ3v) is 4.82. The lowest BCUT2D eigenvalue weighted by atomic mass is 10.1. The monoisotopic (exact) mass is 383 g/mol. The van der Waals surface area contributed by atoms with Crippen LogP contribution in [0.15, 0.2) is 48.5 Å². The van der Waals surface area contributed by atoms with Crippen LogP contribution in [-0.4, -0.2) is 29.8 Å². The SMILES string of the molecule is C[C@H](OC(=O)CCC(=O)c1ccc(F)cc1)C(=O)N1c2ccccc2C[C@@H]1C. The van der Waals surface area contributed by atoms with E-state index in [1.54, 1.807) is 4.90 Å². The van der Waals surface area contributed by atoms with E-state index in [-0.39, 0.29) is 30.6 Å². The lowest BCUT2D eigenvalue weighted by Gasteiger charge is -2.25. The van der Waals surface area contributed by atoms with Gasteiger partial charge >= 0.3 is 5.97 Å². The van der Waals surface area contributed by atoms with Crippen LogP contribution in [0.3, 0.4) is 0 Å². The molecule has 0 aliphatic carbocycles. The average Bonchev–Trinajstić information content (AvgIpc) is 3.01. The molecule has 2 atom stereocenters. The molecule has 0 unspecified atom stereocenters. The Hall–Kier alpha value is -3.02. The van der Waals surface area contributed by atoms with E-state index in [4.69, 9.17) is 4.74 Å². The highest BCUT2D eigenvalue weighted by Gasteiger charge is 2.34. The maximum absolute atomic E-state index is 12.9. The molecule has 0 N–H and O–H groups in total. The van der Waals surface area contributed by atoms with Crippen molar-refractivity contribution in [1.29, 1.82) is 0 Å². The smallest absolute Gasteiger partial charge is 0.307 e. The summed E-state index contributed by atoms with van der Waals surface area (Å²) in [5.74, 6) is -1.61.